The molecule has 1 aliphatic heterocycles. The Balaban J connectivity index is 1.27. The van der Waals surface area contributed by atoms with Crippen LogP contribution in [0.3, 0.4) is 0 Å². The number of nitrogens with zero attached hydrogens (tertiary/aromatic N) is 1. The lowest BCUT2D eigenvalue weighted by Gasteiger charge is -2.33. The van der Waals surface area contributed by atoms with Gasteiger partial charge in [-0.25, -0.2) is 9.59 Å². The van der Waals surface area contributed by atoms with E-state index in [0.717, 1.165) is 12.8 Å². The number of carbonyl (C=O) groups is 6. The van der Waals surface area contributed by atoms with Gasteiger partial charge in [0.25, 0.3) is 11.8 Å². The number of rotatable bonds is 4. The highest BCUT2D eigenvalue weighted by Gasteiger charge is 2.53. The first-order valence-corrected chi connectivity index (χ1v) is 11.7. The number of urea groups is 1. The van der Waals surface area contributed by atoms with E-state index in [4.69, 9.17) is 4.74 Å². The highest BCUT2D eigenvalue weighted by atomic mass is 16.5. The lowest BCUT2D eigenvalue weighted by Crippen LogP contribution is -2.52. The van der Waals surface area contributed by atoms with Gasteiger partial charge in [0, 0.05) is 22.3 Å². The molecule has 0 aromatic heterocycles. The average molecular weight is 489 g/mol. The number of imide groups is 1. The zero-order valence-electron chi connectivity index (χ0n) is 19.5. The van der Waals surface area contributed by atoms with Gasteiger partial charge in [-0.3, -0.25) is 24.6 Å². The number of benzene rings is 2. The van der Waals surface area contributed by atoms with Crippen LogP contribution in [0, 0.1) is 5.92 Å². The molecule has 3 aliphatic rings. The van der Waals surface area contributed by atoms with E-state index < -0.39 is 47.5 Å². The molecule has 10 nitrogen and oxygen atoms in total. The van der Waals surface area contributed by atoms with Gasteiger partial charge in [-0.1, -0.05) is 43.3 Å². The van der Waals surface area contributed by atoms with Crippen molar-refractivity contribution in [3.63, 3.8) is 0 Å². The van der Waals surface area contributed by atoms with Crippen LogP contribution in [0.5, 0.6) is 0 Å². The molecule has 1 saturated heterocycles. The van der Waals surface area contributed by atoms with Gasteiger partial charge in [0.1, 0.15) is 5.54 Å². The molecule has 2 aliphatic carbocycles. The van der Waals surface area contributed by atoms with Crippen molar-refractivity contribution in [1.82, 2.24) is 15.8 Å². The molecule has 184 valence electrons. The van der Waals surface area contributed by atoms with Crippen LogP contribution in [0.15, 0.2) is 42.5 Å². The van der Waals surface area contributed by atoms with Crippen LogP contribution in [0.1, 0.15) is 74.8 Å². The number of ketones is 2. The van der Waals surface area contributed by atoms with E-state index >= 15 is 0 Å². The third-order valence-electron chi connectivity index (χ3n) is 7.03. The van der Waals surface area contributed by atoms with Crippen LogP contribution < -0.4 is 10.7 Å². The summed E-state index contributed by atoms with van der Waals surface area (Å²) in [5, 5.41) is 3.30. The van der Waals surface area contributed by atoms with E-state index in [9.17, 15) is 28.8 Å². The molecule has 1 saturated carbocycles. The number of ether oxygens (including phenoxy) is 1. The van der Waals surface area contributed by atoms with Gasteiger partial charge in [0.2, 0.25) is 0 Å². The second-order valence-electron chi connectivity index (χ2n) is 9.38. The summed E-state index contributed by atoms with van der Waals surface area (Å²) in [6, 6.07) is 9.81. The molecule has 0 atom stereocenters. The zero-order valence-corrected chi connectivity index (χ0v) is 19.5. The number of hydrogen-bond donors (Lipinski definition) is 2. The van der Waals surface area contributed by atoms with Gasteiger partial charge in [-0.15, -0.1) is 0 Å². The summed E-state index contributed by atoms with van der Waals surface area (Å²) in [7, 11) is 0. The number of carbonyl (C=O) groups excluding carboxylic acids is 6. The molecule has 1 spiro atoms. The van der Waals surface area contributed by atoms with Crippen LogP contribution in [-0.2, 0) is 14.3 Å². The maximum absolute atomic E-state index is 13.1. The summed E-state index contributed by atoms with van der Waals surface area (Å²) in [4.78, 5) is 76.4. The fourth-order valence-electron chi connectivity index (χ4n) is 5.00. The van der Waals surface area contributed by atoms with Crippen LogP contribution in [0.25, 0.3) is 0 Å². The fraction of sp³-hybridized carbons (Fsp3) is 0.308. The third-order valence-corrected chi connectivity index (χ3v) is 7.03. The van der Waals surface area contributed by atoms with Gasteiger partial charge in [-0.05, 0) is 37.7 Å². The predicted octanol–water partition coefficient (Wildman–Crippen LogP) is 2.15. The summed E-state index contributed by atoms with van der Waals surface area (Å²) in [5.41, 5.74) is 1.42. The van der Waals surface area contributed by atoms with E-state index in [1.165, 1.54) is 24.3 Å². The van der Waals surface area contributed by atoms with Crippen LogP contribution in [0.4, 0.5) is 4.79 Å². The Hall–Kier alpha value is -4.34. The maximum atomic E-state index is 13.1. The topological polar surface area (TPSA) is 139 Å². The number of nitrogens with one attached hydrogen (secondary N) is 2. The van der Waals surface area contributed by atoms with Gasteiger partial charge in [0.15, 0.2) is 18.2 Å². The Kier molecular flexibility index (Phi) is 5.66. The van der Waals surface area contributed by atoms with Crippen molar-refractivity contribution in [3.8, 4) is 0 Å². The minimum atomic E-state index is -1.03. The molecule has 10 heteroatoms. The molecule has 4 amide bonds. The third kappa shape index (κ3) is 3.74. The van der Waals surface area contributed by atoms with E-state index in [2.05, 4.69) is 17.7 Å². The highest BCUT2D eigenvalue weighted by molar-refractivity contribution is 6.30. The first-order chi connectivity index (χ1) is 17.2. The SMILES string of the molecule is CC1CCC2(CC1)NC(=O)N(NC(=O)COC(=O)c1cccc3c1C(=O)c1ccccc1C3=O)C2=O. The quantitative estimate of drug-likeness (QED) is 0.423. The van der Waals surface area contributed by atoms with E-state index in [0.29, 0.717) is 23.8 Å². The first-order valence-electron chi connectivity index (χ1n) is 11.7. The number of hydrogen-bond acceptors (Lipinski definition) is 7. The first kappa shape index (κ1) is 23.4. The predicted molar refractivity (Wildman–Crippen MR) is 124 cm³/mol. The molecular formula is C26H23N3O7. The summed E-state index contributed by atoms with van der Waals surface area (Å²) in [6.07, 6.45) is 2.52. The summed E-state index contributed by atoms with van der Waals surface area (Å²) in [6.45, 7) is 1.27. The Labute approximate surface area is 205 Å². The smallest absolute Gasteiger partial charge is 0.344 e. The molecule has 0 bridgehead atoms. The Morgan fingerprint density at radius 2 is 1.61 bits per heavy atom. The van der Waals surface area contributed by atoms with Crippen molar-refractivity contribution in [3.05, 3.63) is 70.3 Å². The minimum absolute atomic E-state index is 0.0732. The van der Waals surface area contributed by atoms with Crippen LogP contribution in [-0.4, -0.2) is 52.5 Å². The van der Waals surface area contributed by atoms with E-state index in [1.54, 1.807) is 18.2 Å². The Bertz CT molecular complexity index is 1340. The van der Waals surface area contributed by atoms with Crippen molar-refractivity contribution in [2.45, 2.75) is 38.1 Å². The summed E-state index contributed by atoms with van der Waals surface area (Å²) < 4.78 is 5.08. The standard InChI is InChI=1S/C26H23N3O7/c1-14-9-11-26(12-10-14)24(34)29(25(35)27-26)28-19(30)13-36-23(33)18-8-4-7-17-20(18)22(32)16-6-3-2-5-15(16)21(17)31/h2-8,14H,9-13H2,1H3,(H,27,35)(H,28,30). The maximum Gasteiger partial charge on any atom is 0.344 e. The molecule has 2 N–H and O–H groups in total. The van der Waals surface area contributed by atoms with Crippen molar-refractivity contribution >= 4 is 35.4 Å². The number of hydrazine groups is 1. The molecule has 0 radical (unpaired) electrons. The normalized spacial score (nSPS) is 22.7. The Morgan fingerprint density at radius 1 is 0.972 bits per heavy atom. The molecule has 5 rings (SSSR count). The summed E-state index contributed by atoms with van der Waals surface area (Å²) >= 11 is 0. The molecule has 2 fully saturated rings. The number of amides is 4. The number of fused-ring (bicyclic) bond motifs is 2. The lowest BCUT2D eigenvalue weighted by atomic mass is 9.77. The van der Waals surface area contributed by atoms with Crippen LogP contribution in [0.2, 0.25) is 0 Å². The van der Waals surface area contributed by atoms with E-state index in [-0.39, 0.29) is 27.8 Å². The average Bonchev–Trinajstić information content (AvgIpc) is 3.11. The largest absolute Gasteiger partial charge is 0.452 e. The van der Waals surface area contributed by atoms with Crippen molar-refractivity contribution in [2.24, 2.45) is 5.92 Å². The highest BCUT2D eigenvalue weighted by Crippen LogP contribution is 2.36. The molecule has 36 heavy (non-hydrogen) atoms. The molecular weight excluding hydrogens is 466 g/mol. The van der Waals surface area contributed by atoms with Gasteiger partial charge in [-0.2, -0.15) is 5.01 Å². The zero-order chi connectivity index (χ0) is 25.6. The lowest BCUT2D eigenvalue weighted by molar-refractivity contribution is -0.141. The molecule has 1 heterocycles. The van der Waals surface area contributed by atoms with Crippen LogP contribution >= 0.6 is 0 Å². The van der Waals surface area contributed by atoms with Crippen molar-refractivity contribution in [1.29, 1.82) is 0 Å². The van der Waals surface area contributed by atoms with Gasteiger partial charge in [0.05, 0.1) is 5.56 Å². The molecule has 2 aromatic rings. The monoisotopic (exact) mass is 489 g/mol. The minimum Gasteiger partial charge on any atom is -0.452 e. The van der Waals surface area contributed by atoms with Crippen molar-refractivity contribution < 1.29 is 33.5 Å². The van der Waals surface area contributed by atoms with E-state index in [1.807, 2.05) is 0 Å². The number of esters is 1. The van der Waals surface area contributed by atoms with Crippen molar-refractivity contribution in [2.75, 3.05) is 6.61 Å². The Morgan fingerprint density at radius 3 is 2.31 bits per heavy atom. The van der Waals surface area contributed by atoms with Gasteiger partial charge >= 0.3 is 12.0 Å². The van der Waals surface area contributed by atoms with Gasteiger partial charge < -0.3 is 10.1 Å². The molecule has 0 unspecified atom stereocenters. The molecule has 2 aromatic carbocycles. The fourth-order valence-corrected chi connectivity index (χ4v) is 5.00. The second kappa shape index (κ2) is 8.71. The second-order valence-corrected chi connectivity index (χ2v) is 9.38. The summed E-state index contributed by atoms with van der Waals surface area (Å²) in [5.74, 6) is -2.87.